The molecule has 11 nitrogen and oxygen atoms in total. The van der Waals surface area contributed by atoms with Gasteiger partial charge < -0.3 is 34.7 Å². The van der Waals surface area contributed by atoms with E-state index in [-0.39, 0.29) is 29.4 Å². The van der Waals surface area contributed by atoms with Gasteiger partial charge in [-0.1, -0.05) is 0 Å². The normalized spacial score (nSPS) is 16.8. The predicted octanol–water partition coefficient (Wildman–Crippen LogP) is 3.65. The number of pyridine rings is 1. The van der Waals surface area contributed by atoms with Crippen LogP contribution >= 0.6 is 0 Å². The lowest BCUT2D eigenvalue weighted by atomic mass is 10.0. The average molecular weight is 577 g/mol. The number of aromatic nitrogens is 1. The Labute approximate surface area is 235 Å². The van der Waals surface area contributed by atoms with Crippen LogP contribution in [0.5, 0.6) is 5.75 Å². The van der Waals surface area contributed by atoms with E-state index in [2.05, 4.69) is 10.6 Å². The van der Waals surface area contributed by atoms with Gasteiger partial charge in [0.2, 0.25) is 11.3 Å². The highest BCUT2D eigenvalue weighted by atomic mass is 19.1. The first-order valence-corrected chi connectivity index (χ1v) is 13.3. The van der Waals surface area contributed by atoms with Crippen molar-refractivity contribution in [1.29, 1.82) is 0 Å². The summed E-state index contributed by atoms with van der Waals surface area (Å²) in [6.07, 6.45) is 2.93. The second-order valence-electron chi connectivity index (χ2n) is 11.1. The Morgan fingerprint density at radius 3 is 2.49 bits per heavy atom. The third-order valence-electron chi connectivity index (χ3n) is 6.79. The quantitative estimate of drug-likeness (QED) is 0.433. The lowest BCUT2D eigenvalue weighted by molar-refractivity contribution is -0.120. The number of carbonyl (C=O) groups is 3. The highest BCUT2D eigenvalue weighted by Gasteiger charge is 2.32. The fourth-order valence-corrected chi connectivity index (χ4v) is 4.84. The fourth-order valence-electron chi connectivity index (χ4n) is 4.84. The molecule has 1 saturated heterocycles. The fraction of sp³-hybridized carbons (Fsp3) is 0.500. The van der Waals surface area contributed by atoms with Gasteiger partial charge in [0.1, 0.15) is 29.2 Å². The van der Waals surface area contributed by atoms with Crippen LogP contribution in [0.2, 0.25) is 0 Å². The minimum absolute atomic E-state index is 0.0114. The summed E-state index contributed by atoms with van der Waals surface area (Å²) in [6, 6.07) is 0.971. The van der Waals surface area contributed by atoms with Crippen LogP contribution in [0, 0.1) is 5.82 Å². The molecule has 2 fully saturated rings. The summed E-state index contributed by atoms with van der Waals surface area (Å²) >= 11 is 0. The number of benzene rings is 1. The van der Waals surface area contributed by atoms with Gasteiger partial charge in [0.05, 0.1) is 24.6 Å². The van der Waals surface area contributed by atoms with Gasteiger partial charge in [-0.25, -0.2) is 18.4 Å². The summed E-state index contributed by atoms with van der Waals surface area (Å²) < 4.78 is 43.1. The van der Waals surface area contributed by atoms with E-state index >= 15 is 8.78 Å². The van der Waals surface area contributed by atoms with Crippen LogP contribution in [0.4, 0.5) is 19.3 Å². The number of hydrogen-bond donors (Lipinski definition) is 3. The Morgan fingerprint density at radius 1 is 1.17 bits per heavy atom. The Balaban J connectivity index is 1.56. The molecule has 2 aliphatic rings. The highest BCUT2D eigenvalue weighted by molar-refractivity contribution is 5.97. The van der Waals surface area contributed by atoms with Gasteiger partial charge in [0.15, 0.2) is 11.6 Å². The molecule has 1 aromatic heterocycles. The van der Waals surface area contributed by atoms with Gasteiger partial charge in [-0.05, 0) is 58.1 Å². The number of carbonyl (C=O) groups excluding carboxylic acids is 2. The van der Waals surface area contributed by atoms with Crippen LogP contribution in [-0.2, 0) is 9.53 Å². The summed E-state index contributed by atoms with van der Waals surface area (Å²) in [5.74, 6) is -3.31. The zero-order valence-electron chi connectivity index (χ0n) is 23.4. The van der Waals surface area contributed by atoms with Crippen LogP contribution in [-0.4, -0.2) is 66.5 Å². The molecule has 4 rings (SSSR count). The number of hydrogen-bond acceptors (Lipinski definition) is 7. The molecule has 1 aromatic carbocycles. The molecule has 3 N–H and O–H groups in total. The van der Waals surface area contributed by atoms with E-state index in [0.717, 1.165) is 18.9 Å². The van der Waals surface area contributed by atoms with Crippen molar-refractivity contribution in [3.63, 3.8) is 0 Å². The molecule has 222 valence electrons. The van der Waals surface area contributed by atoms with Crippen molar-refractivity contribution in [3.8, 4) is 5.75 Å². The van der Waals surface area contributed by atoms with E-state index in [1.807, 2.05) is 0 Å². The number of alkyl carbamates (subject to hydrolysis) is 1. The number of ether oxygens (including phenoxy) is 2. The number of carboxylic acids is 1. The van der Waals surface area contributed by atoms with Crippen LogP contribution in [0.25, 0.3) is 10.9 Å². The van der Waals surface area contributed by atoms with Gasteiger partial charge >= 0.3 is 12.1 Å². The zero-order chi connectivity index (χ0) is 30.1. The van der Waals surface area contributed by atoms with Crippen LogP contribution in [0.15, 0.2) is 28.5 Å². The Hall–Kier alpha value is -4.16. The lowest BCUT2D eigenvalue weighted by Crippen LogP contribution is -2.40. The van der Waals surface area contributed by atoms with Gasteiger partial charge in [-0.2, -0.15) is 0 Å². The van der Waals surface area contributed by atoms with E-state index in [4.69, 9.17) is 9.47 Å². The molecule has 0 bridgehead atoms. The van der Waals surface area contributed by atoms with E-state index < -0.39 is 59.3 Å². The summed E-state index contributed by atoms with van der Waals surface area (Å²) in [4.78, 5) is 50.1. The van der Waals surface area contributed by atoms with Crippen LogP contribution < -0.4 is 25.7 Å². The van der Waals surface area contributed by atoms with Crippen molar-refractivity contribution < 1.29 is 37.7 Å². The standard InChI is InChI=1S/C28H34F2N4O7/c1-28(2,3)41-27(39)32-12-21(35)31-11-20(30)15-6-5-9-33(13-15)23-19(29)10-17-22(25(23)40-4)34(16-7-8-16)14-18(24(17)36)26(37)38/h10,14,16H,5-9,11-13H2,1-4H3,(H,31,35)(H,32,39)(H,37,38)/b20-15+. The van der Waals surface area contributed by atoms with E-state index in [1.54, 1.807) is 30.2 Å². The van der Waals surface area contributed by atoms with Crippen LogP contribution in [0.1, 0.15) is 62.9 Å². The molecule has 0 radical (unpaired) electrons. The summed E-state index contributed by atoms with van der Waals surface area (Å²) in [5, 5.41) is 14.1. The number of amides is 2. The second kappa shape index (κ2) is 11.8. The van der Waals surface area contributed by atoms with Crippen molar-refractivity contribution >= 4 is 34.6 Å². The number of methoxy groups -OCH3 is 1. The maximum Gasteiger partial charge on any atom is 0.408 e. The minimum atomic E-state index is -1.40. The molecule has 13 heteroatoms. The number of piperidine rings is 1. The number of nitrogens with one attached hydrogen (secondary N) is 2. The Morgan fingerprint density at radius 2 is 1.88 bits per heavy atom. The van der Waals surface area contributed by atoms with Gasteiger partial charge in [-0.3, -0.25) is 9.59 Å². The van der Waals surface area contributed by atoms with E-state index in [0.29, 0.717) is 30.5 Å². The van der Waals surface area contributed by atoms with Crippen LogP contribution in [0.3, 0.4) is 0 Å². The summed E-state index contributed by atoms with van der Waals surface area (Å²) in [6.45, 7) is 4.64. The SMILES string of the molecule is COc1c(N2CCC/C(=C(\F)CNC(=O)CNC(=O)OC(C)(C)C)C2)c(F)cc2c(=O)c(C(=O)O)cn(C3CC3)c12. The number of anilines is 1. The average Bonchev–Trinajstić information content (AvgIpc) is 3.74. The zero-order valence-corrected chi connectivity index (χ0v) is 23.4. The smallest absolute Gasteiger partial charge is 0.408 e. The number of rotatable bonds is 8. The monoisotopic (exact) mass is 576 g/mol. The Kier molecular flexibility index (Phi) is 8.55. The molecule has 1 aliphatic carbocycles. The molecule has 1 aliphatic heterocycles. The van der Waals surface area contributed by atoms with E-state index in [1.165, 1.54) is 13.3 Å². The van der Waals surface area contributed by atoms with Crippen molar-refractivity contribution in [2.45, 2.75) is 58.1 Å². The molecular formula is C28H34F2N4O7. The van der Waals surface area contributed by atoms with Crippen molar-refractivity contribution in [1.82, 2.24) is 15.2 Å². The maximum absolute atomic E-state index is 15.6. The molecule has 0 atom stereocenters. The summed E-state index contributed by atoms with van der Waals surface area (Å²) in [5.41, 5.74) is -1.29. The molecule has 0 unspecified atom stereocenters. The summed E-state index contributed by atoms with van der Waals surface area (Å²) in [7, 11) is 1.34. The highest BCUT2D eigenvalue weighted by Crippen LogP contribution is 2.44. The maximum atomic E-state index is 15.6. The van der Waals surface area contributed by atoms with Gasteiger partial charge in [0, 0.05) is 25.3 Å². The number of aromatic carboxylic acids is 1. The first kappa shape index (κ1) is 29.8. The van der Waals surface area contributed by atoms with Crippen molar-refractivity contribution in [3.05, 3.63) is 45.3 Å². The largest absolute Gasteiger partial charge is 0.492 e. The number of carboxylic acid groups (broad SMARTS) is 1. The van der Waals surface area contributed by atoms with Crippen molar-refractivity contribution in [2.24, 2.45) is 0 Å². The molecular weight excluding hydrogens is 542 g/mol. The molecule has 0 spiro atoms. The topological polar surface area (TPSA) is 139 Å². The Bertz CT molecular complexity index is 1470. The third-order valence-corrected chi connectivity index (χ3v) is 6.79. The predicted molar refractivity (Wildman–Crippen MR) is 147 cm³/mol. The first-order valence-electron chi connectivity index (χ1n) is 13.3. The number of nitrogens with zero attached hydrogens (tertiary/aromatic N) is 2. The molecule has 2 amide bonds. The number of halogens is 2. The molecule has 2 aromatic rings. The minimum Gasteiger partial charge on any atom is -0.492 e. The molecule has 2 heterocycles. The second-order valence-corrected chi connectivity index (χ2v) is 11.1. The van der Waals surface area contributed by atoms with Gasteiger partial charge in [0.25, 0.3) is 0 Å². The number of fused-ring (bicyclic) bond motifs is 1. The first-order chi connectivity index (χ1) is 19.3. The lowest BCUT2D eigenvalue weighted by Gasteiger charge is -2.33. The molecule has 41 heavy (non-hydrogen) atoms. The third kappa shape index (κ3) is 6.77. The molecule has 1 saturated carbocycles. The van der Waals surface area contributed by atoms with Crippen molar-refractivity contribution in [2.75, 3.05) is 38.2 Å². The van der Waals surface area contributed by atoms with Gasteiger partial charge in [-0.15, -0.1) is 0 Å². The van der Waals surface area contributed by atoms with E-state index in [9.17, 15) is 24.3 Å².